The summed E-state index contributed by atoms with van der Waals surface area (Å²) in [6.07, 6.45) is 9.17. The molecule has 4 saturated carbocycles. The van der Waals surface area contributed by atoms with Crippen molar-refractivity contribution in [2.24, 2.45) is 52.3 Å². The highest BCUT2D eigenvalue weighted by molar-refractivity contribution is 5.90. The fourth-order valence-corrected chi connectivity index (χ4v) is 9.84. The highest BCUT2D eigenvalue weighted by atomic mass is 16.6. The third kappa shape index (κ3) is 6.60. The summed E-state index contributed by atoms with van der Waals surface area (Å²) in [4.78, 5) is 51.0. The highest BCUT2D eigenvalue weighted by Crippen LogP contribution is 2.67. The second-order valence-corrected chi connectivity index (χ2v) is 16.2. The molecular weight excluding hydrogens is 530 g/mol. The van der Waals surface area contributed by atoms with Gasteiger partial charge >= 0.3 is 12.1 Å². The number of rotatable bonds is 8. The molecule has 0 aliphatic heterocycles. The van der Waals surface area contributed by atoms with Crippen molar-refractivity contribution in [3.63, 3.8) is 0 Å². The Bertz CT molecular complexity index is 1050. The van der Waals surface area contributed by atoms with Crippen LogP contribution in [0.2, 0.25) is 0 Å². The van der Waals surface area contributed by atoms with E-state index in [0.717, 1.165) is 32.1 Å². The number of carbonyl (C=O) groups excluding carboxylic acids is 4. The minimum atomic E-state index is -0.719. The number of fused-ring (bicyclic) bond motifs is 5. The summed E-state index contributed by atoms with van der Waals surface area (Å²) >= 11 is 0. The second kappa shape index (κ2) is 12.2. The smallest absolute Gasteiger partial charge is 0.408 e. The Morgan fingerprint density at radius 2 is 1.52 bits per heavy atom. The van der Waals surface area contributed by atoms with E-state index >= 15 is 0 Å². The van der Waals surface area contributed by atoms with Gasteiger partial charge in [0.2, 0.25) is 0 Å². The van der Waals surface area contributed by atoms with Crippen LogP contribution in [0.25, 0.3) is 0 Å². The van der Waals surface area contributed by atoms with E-state index in [9.17, 15) is 19.2 Å². The van der Waals surface area contributed by atoms with Crippen LogP contribution in [0.15, 0.2) is 0 Å². The normalized spacial score (nSPS) is 37.5. The number of alkyl carbamates (subject to hydrolysis) is 1. The van der Waals surface area contributed by atoms with Gasteiger partial charge in [0, 0.05) is 12.3 Å². The van der Waals surface area contributed by atoms with E-state index in [2.05, 4.69) is 19.2 Å². The van der Waals surface area contributed by atoms with Crippen LogP contribution >= 0.6 is 0 Å². The third-order valence-electron chi connectivity index (χ3n) is 12.0. The summed E-state index contributed by atoms with van der Waals surface area (Å²) in [5.74, 6) is 2.03. The maximum atomic E-state index is 13.1. The predicted octanol–water partition coefficient (Wildman–Crippen LogP) is 7.29. The molecule has 238 valence electrons. The lowest BCUT2D eigenvalue weighted by Gasteiger charge is -2.61. The zero-order valence-corrected chi connectivity index (χ0v) is 27.7. The second-order valence-electron chi connectivity index (χ2n) is 16.2. The number of nitrogens with one attached hydrogen (secondary N) is 1. The number of amides is 1. The van der Waals surface area contributed by atoms with Gasteiger partial charge in [-0.05, 0) is 126 Å². The number of hydrogen-bond donors (Lipinski definition) is 1. The summed E-state index contributed by atoms with van der Waals surface area (Å²) in [6, 6.07) is -0.719. The fraction of sp³-hybridized carbons (Fsp3) is 0.886. The number of ketones is 2. The first-order valence-corrected chi connectivity index (χ1v) is 16.7. The van der Waals surface area contributed by atoms with Gasteiger partial charge in [0.15, 0.2) is 5.78 Å². The maximum Gasteiger partial charge on any atom is 0.408 e. The first-order chi connectivity index (χ1) is 19.5. The topological polar surface area (TPSA) is 98.8 Å². The van der Waals surface area contributed by atoms with Crippen molar-refractivity contribution in [1.29, 1.82) is 0 Å². The molecule has 10 atom stereocenters. The fourth-order valence-electron chi connectivity index (χ4n) is 9.84. The molecule has 0 aromatic rings. The van der Waals surface area contributed by atoms with Crippen molar-refractivity contribution in [2.45, 2.75) is 144 Å². The highest BCUT2D eigenvalue weighted by Gasteiger charge is 2.61. The average molecular weight is 588 g/mol. The van der Waals surface area contributed by atoms with Crippen LogP contribution in [0.3, 0.4) is 0 Å². The molecular formula is C35H57NO6. The van der Waals surface area contributed by atoms with Crippen molar-refractivity contribution >= 4 is 23.6 Å². The van der Waals surface area contributed by atoms with E-state index in [4.69, 9.17) is 9.47 Å². The molecule has 4 fully saturated rings. The molecule has 7 heteroatoms. The third-order valence-corrected chi connectivity index (χ3v) is 12.0. The van der Waals surface area contributed by atoms with Gasteiger partial charge in [-0.2, -0.15) is 0 Å². The van der Waals surface area contributed by atoms with Gasteiger partial charge in [0.25, 0.3) is 0 Å². The summed E-state index contributed by atoms with van der Waals surface area (Å²) < 4.78 is 11.4. The van der Waals surface area contributed by atoms with Crippen LogP contribution in [0.1, 0.15) is 127 Å². The first kappa shape index (κ1) is 33.0. The minimum absolute atomic E-state index is 0.0243. The lowest BCUT2D eigenvalue weighted by Crippen LogP contribution is -2.54. The molecule has 4 rings (SSSR count). The van der Waals surface area contributed by atoms with E-state index in [-0.39, 0.29) is 46.9 Å². The largest absolute Gasteiger partial charge is 0.462 e. The van der Waals surface area contributed by atoms with E-state index in [1.807, 2.05) is 13.8 Å². The Hall–Kier alpha value is -1.92. The van der Waals surface area contributed by atoms with Crippen molar-refractivity contribution in [3.8, 4) is 0 Å². The van der Waals surface area contributed by atoms with Crippen LogP contribution in [0, 0.1) is 52.3 Å². The van der Waals surface area contributed by atoms with Gasteiger partial charge in [0.05, 0.1) is 12.0 Å². The van der Waals surface area contributed by atoms with Crippen LogP contribution in [-0.2, 0) is 23.9 Å². The Morgan fingerprint density at radius 1 is 0.881 bits per heavy atom. The number of hydrogen-bond acceptors (Lipinski definition) is 6. The Balaban J connectivity index is 1.32. The van der Waals surface area contributed by atoms with Crippen molar-refractivity contribution in [2.75, 3.05) is 0 Å². The Kier molecular flexibility index (Phi) is 9.60. The summed E-state index contributed by atoms with van der Waals surface area (Å²) in [7, 11) is 0. The van der Waals surface area contributed by atoms with Gasteiger partial charge in [-0.25, -0.2) is 4.79 Å². The number of ether oxygens (including phenoxy) is 2. The summed E-state index contributed by atoms with van der Waals surface area (Å²) in [5, 5.41) is 2.70. The average Bonchev–Trinajstić information content (AvgIpc) is 3.23. The van der Waals surface area contributed by atoms with Crippen LogP contribution < -0.4 is 5.32 Å². The number of carbonyl (C=O) groups is 4. The Morgan fingerprint density at radius 3 is 2.14 bits per heavy atom. The molecule has 1 N–H and O–H groups in total. The van der Waals surface area contributed by atoms with E-state index in [1.165, 1.54) is 25.7 Å². The zero-order chi connectivity index (χ0) is 31.2. The first-order valence-electron chi connectivity index (χ1n) is 16.7. The molecule has 0 unspecified atom stereocenters. The van der Waals surface area contributed by atoms with Crippen molar-refractivity contribution in [3.05, 3.63) is 0 Å². The van der Waals surface area contributed by atoms with Crippen molar-refractivity contribution < 1.29 is 28.7 Å². The SMILES string of the molecule is CC(=O)[C@H]1CC[C@H]2[C@@H]3CC[C@H]4C[C@H](OC(=O)[C@H](C)CC(=O)[C@@H](NC(=O)OC(C)(C)C)C(C)C)CC[C@]4(C)[C@H]3CC[C@]12C. The lowest BCUT2D eigenvalue weighted by molar-refractivity contribution is -0.167. The molecule has 0 radical (unpaired) electrons. The quantitative estimate of drug-likeness (QED) is 0.299. The van der Waals surface area contributed by atoms with Crippen LogP contribution in [0.4, 0.5) is 4.79 Å². The van der Waals surface area contributed by atoms with Gasteiger partial charge in [-0.15, -0.1) is 0 Å². The van der Waals surface area contributed by atoms with E-state index < -0.39 is 23.7 Å². The summed E-state index contributed by atoms with van der Waals surface area (Å²) in [6.45, 7) is 17.5. The molecule has 7 nitrogen and oxygen atoms in total. The molecule has 4 aliphatic carbocycles. The molecule has 4 aliphatic rings. The molecule has 0 saturated heterocycles. The maximum absolute atomic E-state index is 13.1. The van der Waals surface area contributed by atoms with E-state index in [0.29, 0.717) is 29.5 Å². The molecule has 0 heterocycles. The molecule has 0 spiro atoms. The number of Topliss-reactive ketones (excluding diaryl/α,β-unsaturated/α-hetero) is 2. The zero-order valence-electron chi connectivity index (χ0n) is 27.7. The van der Waals surface area contributed by atoms with Crippen LogP contribution in [0.5, 0.6) is 0 Å². The molecule has 0 aromatic heterocycles. The van der Waals surface area contributed by atoms with Gasteiger partial charge in [-0.1, -0.05) is 34.6 Å². The summed E-state index contributed by atoms with van der Waals surface area (Å²) in [5.41, 5.74) is -0.220. The molecule has 0 aromatic carbocycles. The van der Waals surface area contributed by atoms with Gasteiger partial charge in [0.1, 0.15) is 17.5 Å². The minimum Gasteiger partial charge on any atom is -0.462 e. The predicted molar refractivity (Wildman–Crippen MR) is 163 cm³/mol. The number of esters is 1. The van der Waals surface area contributed by atoms with Gasteiger partial charge in [-0.3, -0.25) is 14.4 Å². The van der Waals surface area contributed by atoms with E-state index in [1.54, 1.807) is 34.6 Å². The molecule has 42 heavy (non-hydrogen) atoms. The lowest BCUT2D eigenvalue weighted by atomic mass is 9.44. The monoisotopic (exact) mass is 587 g/mol. The van der Waals surface area contributed by atoms with Crippen molar-refractivity contribution in [1.82, 2.24) is 5.32 Å². The standard InChI is InChI=1S/C35H57NO6/c1-20(2)30(36-32(40)42-33(5,6)7)29(38)18-21(3)31(39)41-24-14-16-34(8)23(19-24)10-11-25-27-13-12-26(22(4)37)35(27,9)17-15-28(25)34/h20-21,23-28,30H,10-19H2,1-9H3,(H,36,40)/t21-,23+,24-,25+,26-,27+,28+,30+,34+,35-/m1/s1. The van der Waals surface area contributed by atoms with Gasteiger partial charge < -0.3 is 14.8 Å². The Labute approximate surface area is 254 Å². The molecule has 0 bridgehead atoms. The molecule has 1 amide bonds. The van der Waals surface area contributed by atoms with Crippen LogP contribution in [-0.4, -0.2) is 41.4 Å².